The maximum absolute atomic E-state index is 13.0. The molecule has 0 fully saturated rings. The summed E-state index contributed by atoms with van der Waals surface area (Å²) in [6, 6.07) is 14.2. The maximum atomic E-state index is 13.0. The molecule has 0 atom stereocenters. The zero-order valence-corrected chi connectivity index (χ0v) is 20.8. The number of hydrogen-bond donors (Lipinski definition) is 2. The van der Waals surface area contributed by atoms with E-state index in [9.17, 15) is 9.59 Å². The van der Waals surface area contributed by atoms with Crippen LogP contribution in [0.5, 0.6) is 11.5 Å². The van der Waals surface area contributed by atoms with E-state index in [2.05, 4.69) is 22.8 Å². The summed E-state index contributed by atoms with van der Waals surface area (Å²) in [5.74, 6) is 1.48. The van der Waals surface area contributed by atoms with E-state index < -0.39 is 0 Å². The number of carbonyl (C=O) groups is 2. The number of nitrogens with one attached hydrogen (secondary N) is 2. The van der Waals surface area contributed by atoms with Crippen molar-refractivity contribution in [3.63, 3.8) is 0 Å². The van der Waals surface area contributed by atoms with Crippen molar-refractivity contribution in [2.24, 2.45) is 5.10 Å². The van der Waals surface area contributed by atoms with Gasteiger partial charge >= 0.3 is 0 Å². The number of fused-ring (bicyclic) bond motifs is 1. The fourth-order valence-corrected chi connectivity index (χ4v) is 4.16. The molecule has 0 saturated heterocycles. The molecule has 1 aliphatic carbocycles. The molecule has 1 aromatic heterocycles. The van der Waals surface area contributed by atoms with E-state index in [-0.39, 0.29) is 17.6 Å². The van der Waals surface area contributed by atoms with Gasteiger partial charge in [0.1, 0.15) is 17.3 Å². The molecule has 0 aliphatic heterocycles. The van der Waals surface area contributed by atoms with Crippen LogP contribution >= 0.6 is 0 Å². The lowest BCUT2D eigenvalue weighted by atomic mass is 9.93. The second kappa shape index (κ2) is 11.6. The number of anilines is 1. The first-order valence-corrected chi connectivity index (χ1v) is 12.2. The third-order valence-electron chi connectivity index (χ3n) is 6.05. The van der Waals surface area contributed by atoms with Crippen molar-refractivity contribution < 1.29 is 23.5 Å². The first kappa shape index (κ1) is 25.0. The van der Waals surface area contributed by atoms with Gasteiger partial charge in [0.05, 0.1) is 25.0 Å². The summed E-state index contributed by atoms with van der Waals surface area (Å²) in [4.78, 5) is 25.7. The Bertz CT molecular complexity index is 1260. The van der Waals surface area contributed by atoms with E-state index in [1.807, 2.05) is 19.1 Å². The molecule has 36 heavy (non-hydrogen) atoms. The minimum Gasteiger partial charge on any atom is -0.496 e. The van der Waals surface area contributed by atoms with Gasteiger partial charge in [0.2, 0.25) is 0 Å². The van der Waals surface area contributed by atoms with E-state index >= 15 is 0 Å². The van der Waals surface area contributed by atoms with Crippen molar-refractivity contribution in [1.82, 2.24) is 5.43 Å². The van der Waals surface area contributed by atoms with Crippen LogP contribution in [0, 0.1) is 6.92 Å². The monoisotopic (exact) mass is 489 g/mol. The zero-order valence-electron chi connectivity index (χ0n) is 20.8. The first-order chi connectivity index (χ1) is 17.5. The van der Waals surface area contributed by atoms with Crippen LogP contribution in [0.3, 0.4) is 0 Å². The maximum Gasteiger partial charge on any atom is 0.291 e. The highest BCUT2D eigenvalue weighted by Crippen LogP contribution is 2.30. The zero-order chi connectivity index (χ0) is 25.5. The van der Waals surface area contributed by atoms with E-state index in [1.165, 1.54) is 7.11 Å². The summed E-state index contributed by atoms with van der Waals surface area (Å²) in [6.45, 7) is 4.62. The summed E-state index contributed by atoms with van der Waals surface area (Å²) in [5, 5.41) is 7.28. The molecule has 0 unspecified atom stereocenters. The van der Waals surface area contributed by atoms with E-state index in [0.29, 0.717) is 53.5 Å². The minimum atomic E-state index is -0.367. The Balaban J connectivity index is 1.48. The summed E-state index contributed by atoms with van der Waals surface area (Å²) in [6.07, 6.45) is 4.24. The molecule has 0 saturated carbocycles. The number of benzene rings is 2. The van der Waals surface area contributed by atoms with Crippen molar-refractivity contribution in [3.05, 3.63) is 76.7 Å². The van der Waals surface area contributed by atoms with Crippen molar-refractivity contribution >= 4 is 23.2 Å². The SMILES string of the molecule is CCCCOc1ccc(NC(=O)c2oc3c(c2C)/C(=N/NC(=O)c2ccccc2OC)CCC3)cc1. The van der Waals surface area contributed by atoms with Crippen molar-refractivity contribution in [3.8, 4) is 11.5 Å². The van der Waals surface area contributed by atoms with Gasteiger partial charge in [-0.25, -0.2) is 5.43 Å². The van der Waals surface area contributed by atoms with E-state index in [1.54, 1.807) is 36.4 Å². The Morgan fingerprint density at radius 3 is 2.58 bits per heavy atom. The Morgan fingerprint density at radius 2 is 1.83 bits per heavy atom. The number of amides is 2. The number of hydrogen-bond acceptors (Lipinski definition) is 6. The largest absolute Gasteiger partial charge is 0.496 e. The number of hydrazone groups is 1. The normalized spacial score (nSPS) is 13.7. The summed E-state index contributed by atoms with van der Waals surface area (Å²) in [7, 11) is 1.52. The Kier molecular flexibility index (Phi) is 8.05. The number of nitrogens with zero attached hydrogens (tertiary/aromatic N) is 1. The molecule has 4 rings (SSSR count). The van der Waals surface area contributed by atoms with Crippen molar-refractivity contribution in [2.75, 3.05) is 19.0 Å². The lowest BCUT2D eigenvalue weighted by molar-refractivity contribution is 0.0950. The predicted octanol–water partition coefficient (Wildman–Crippen LogP) is 5.50. The number of ether oxygens (including phenoxy) is 2. The van der Waals surface area contributed by atoms with Crippen LogP contribution in [0.4, 0.5) is 5.69 Å². The Morgan fingerprint density at radius 1 is 1.06 bits per heavy atom. The molecule has 8 nitrogen and oxygen atoms in total. The fourth-order valence-electron chi connectivity index (χ4n) is 4.16. The van der Waals surface area contributed by atoms with Crippen molar-refractivity contribution in [1.29, 1.82) is 0 Å². The van der Waals surface area contributed by atoms with Gasteiger partial charge in [0, 0.05) is 23.2 Å². The molecule has 0 spiro atoms. The van der Waals surface area contributed by atoms with Crippen LogP contribution in [0.15, 0.2) is 58.0 Å². The number of furan rings is 1. The van der Waals surface area contributed by atoms with Gasteiger partial charge in [-0.2, -0.15) is 5.10 Å². The Hall–Kier alpha value is -4.07. The van der Waals surface area contributed by atoms with Crippen molar-refractivity contribution in [2.45, 2.75) is 46.0 Å². The van der Waals surface area contributed by atoms with Crippen LogP contribution in [-0.4, -0.2) is 31.2 Å². The highest BCUT2D eigenvalue weighted by atomic mass is 16.5. The van der Waals surface area contributed by atoms with Crippen LogP contribution in [0.25, 0.3) is 0 Å². The topological polar surface area (TPSA) is 102 Å². The molecule has 0 bridgehead atoms. The smallest absolute Gasteiger partial charge is 0.291 e. The third kappa shape index (κ3) is 5.59. The molecular formula is C28H31N3O5. The molecule has 1 aliphatic rings. The summed E-state index contributed by atoms with van der Waals surface area (Å²) < 4.78 is 16.9. The number of aryl methyl sites for hydroxylation is 1. The van der Waals surface area contributed by atoms with Gasteiger partial charge in [0.25, 0.3) is 11.8 Å². The molecule has 3 aromatic rings. The second-order valence-electron chi connectivity index (χ2n) is 8.59. The number of para-hydroxylation sites is 1. The van der Waals surface area contributed by atoms with Gasteiger partial charge in [-0.3, -0.25) is 9.59 Å². The average Bonchev–Trinajstić information content (AvgIpc) is 3.25. The molecule has 2 amide bonds. The highest BCUT2D eigenvalue weighted by Gasteiger charge is 2.28. The quantitative estimate of drug-likeness (QED) is 0.305. The van der Waals surface area contributed by atoms with Crippen LogP contribution in [-0.2, 0) is 6.42 Å². The van der Waals surface area contributed by atoms with Crippen LogP contribution < -0.4 is 20.2 Å². The molecule has 8 heteroatoms. The van der Waals surface area contributed by atoms with Crippen LogP contribution in [0.2, 0.25) is 0 Å². The van der Waals surface area contributed by atoms with Gasteiger partial charge in [-0.05, 0) is 62.6 Å². The summed E-state index contributed by atoms with van der Waals surface area (Å²) >= 11 is 0. The lowest BCUT2D eigenvalue weighted by Gasteiger charge is -2.14. The number of unbranched alkanes of at least 4 members (excludes halogenated alkanes) is 1. The minimum absolute atomic E-state index is 0.244. The standard InChI is InChI=1S/C28H31N3O5/c1-4-5-17-35-20-15-13-19(14-16-20)29-28(33)26-18(2)25-22(10-8-12-24(25)36-26)30-31-27(32)21-9-6-7-11-23(21)34-3/h6-7,9,11,13-16H,4-5,8,10,12,17H2,1-3H3,(H,29,33)(H,31,32)/b30-22+. The highest BCUT2D eigenvalue weighted by molar-refractivity contribution is 6.09. The van der Waals surface area contributed by atoms with E-state index in [4.69, 9.17) is 13.9 Å². The van der Waals surface area contributed by atoms with Gasteiger partial charge < -0.3 is 19.2 Å². The second-order valence-corrected chi connectivity index (χ2v) is 8.59. The Labute approximate surface area is 210 Å². The number of rotatable bonds is 9. The van der Waals surface area contributed by atoms with Crippen LogP contribution in [0.1, 0.15) is 70.4 Å². The molecule has 0 radical (unpaired) electrons. The first-order valence-electron chi connectivity index (χ1n) is 12.2. The molecule has 2 aromatic carbocycles. The molecule has 2 N–H and O–H groups in total. The lowest BCUT2D eigenvalue weighted by Crippen LogP contribution is -2.22. The number of methoxy groups -OCH3 is 1. The van der Waals surface area contributed by atoms with E-state index in [0.717, 1.165) is 30.6 Å². The van der Waals surface area contributed by atoms with Gasteiger partial charge in [-0.1, -0.05) is 25.5 Å². The number of carbonyl (C=O) groups excluding carboxylic acids is 2. The molecule has 1 heterocycles. The van der Waals surface area contributed by atoms with Gasteiger partial charge in [0.15, 0.2) is 5.76 Å². The predicted molar refractivity (Wildman–Crippen MR) is 138 cm³/mol. The fraction of sp³-hybridized carbons (Fsp3) is 0.321. The summed E-state index contributed by atoms with van der Waals surface area (Å²) in [5.41, 5.74) is 5.84. The molecule has 188 valence electrons. The van der Waals surface area contributed by atoms with Gasteiger partial charge in [-0.15, -0.1) is 0 Å². The third-order valence-corrected chi connectivity index (χ3v) is 6.05. The molecular weight excluding hydrogens is 458 g/mol. The average molecular weight is 490 g/mol.